The fraction of sp³-hybridized carbons (Fsp3) is 0.357. The maximum absolute atomic E-state index is 11.9. The van der Waals surface area contributed by atoms with Gasteiger partial charge in [0.1, 0.15) is 0 Å². The summed E-state index contributed by atoms with van der Waals surface area (Å²) in [6, 6.07) is 9.52. The average molecular weight is 306 g/mol. The zero-order valence-electron chi connectivity index (χ0n) is 11.6. The third-order valence-corrected chi connectivity index (χ3v) is 3.80. The number of nitrogens with zero attached hydrogens (tertiary/aromatic N) is 3. The molecule has 2 aromatic rings. The van der Waals surface area contributed by atoms with Crippen molar-refractivity contribution in [3.8, 4) is 5.69 Å². The quantitative estimate of drug-likeness (QED) is 0.714. The van der Waals surface area contributed by atoms with E-state index in [2.05, 4.69) is 15.6 Å². The Morgan fingerprint density at radius 2 is 2.10 bits per heavy atom. The number of nitrogens with one attached hydrogen (secondary N) is 1. The van der Waals surface area contributed by atoms with Crippen LogP contribution < -0.4 is 5.32 Å². The molecule has 0 atom stereocenters. The van der Waals surface area contributed by atoms with E-state index in [4.69, 9.17) is 5.11 Å². The zero-order chi connectivity index (χ0) is 14.9. The molecule has 0 saturated carbocycles. The molecule has 0 bridgehead atoms. The summed E-state index contributed by atoms with van der Waals surface area (Å²) in [6.07, 6.45) is 2.40. The summed E-state index contributed by atoms with van der Waals surface area (Å²) in [7, 11) is 0. The molecular weight excluding hydrogens is 288 g/mol. The molecule has 2 rings (SSSR count). The van der Waals surface area contributed by atoms with Gasteiger partial charge in [0.2, 0.25) is 0 Å². The standard InChI is InChI=1S/C14H18N4O2S/c19-8-4-9-21-10-7-15-14(20)13-11-18(17-16-13)12-5-2-1-3-6-12/h1-3,5-6,11,19H,4,7-10H2,(H,15,20). The van der Waals surface area contributed by atoms with Gasteiger partial charge in [-0.15, -0.1) is 5.10 Å². The van der Waals surface area contributed by atoms with E-state index >= 15 is 0 Å². The first-order valence-electron chi connectivity index (χ1n) is 6.76. The Labute approximate surface area is 127 Å². The molecule has 1 amide bonds. The van der Waals surface area contributed by atoms with Crippen molar-refractivity contribution in [1.29, 1.82) is 0 Å². The lowest BCUT2D eigenvalue weighted by Crippen LogP contribution is -2.26. The van der Waals surface area contributed by atoms with Gasteiger partial charge in [0.25, 0.3) is 5.91 Å². The number of hydrogen-bond donors (Lipinski definition) is 2. The van der Waals surface area contributed by atoms with Gasteiger partial charge in [0, 0.05) is 18.9 Å². The van der Waals surface area contributed by atoms with Crippen LogP contribution in [0.4, 0.5) is 0 Å². The normalized spacial score (nSPS) is 10.5. The van der Waals surface area contributed by atoms with E-state index in [1.54, 1.807) is 22.6 Å². The molecule has 0 radical (unpaired) electrons. The summed E-state index contributed by atoms with van der Waals surface area (Å²) in [5, 5.41) is 19.3. The summed E-state index contributed by atoms with van der Waals surface area (Å²) in [5.74, 6) is 1.50. The molecule has 2 N–H and O–H groups in total. The Bertz CT molecular complexity index is 559. The van der Waals surface area contributed by atoms with Crippen molar-refractivity contribution in [3.05, 3.63) is 42.2 Å². The number of thioether (sulfide) groups is 1. The number of para-hydroxylation sites is 1. The number of aromatic nitrogens is 3. The van der Waals surface area contributed by atoms with Crippen LogP contribution in [0.3, 0.4) is 0 Å². The van der Waals surface area contributed by atoms with E-state index in [1.807, 2.05) is 30.3 Å². The van der Waals surface area contributed by atoms with Crippen LogP contribution in [-0.4, -0.2) is 50.7 Å². The molecule has 0 spiro atoms. The molecule has 0 aliphatic heterocycles. The third kappa shape index (κ3) is 4.87. The molecule has 112 valence electrons. The summed E-state index contributed by atoms with van der Waals surface area (Å²) in [6.45, 7) is 0.787. The second-order valence-corrected chi connectivity index (χ2v) is 5.55. The fourth-order valence-electron chi connectivity index (χ4n) is 1.67. The molecular formula is C14H18N4O2S. The minimum absolute atomic E-state index is 0.210. The summed E-state index contributed by atoms with van der Waals surface area (Å²) >= 11 is 1.70. The predicted molar refractivity (Wildman–Crippen MR) is 82.7 cm³/mol. The molecule has 1 heterocycles. The highest BCUT2D eigenvalue weighted by molar-refractivity contribution is 7.99. The van der Waals surface area contributed by atoms with Gasteiger partial charge in [0.15, 0.2) is 5.69 Å². The Morgan fingerprint density at radius 3 is 2.86 bits per heavy atom. The van der Waals surface area contributed by atoms with Crippen LogP contribution in [0.15, 0.2) is 36.5 Å². The monoisotopic (exact) mass is 306 g/mol. The maximum Gasteiger partial charge on any atom is 0.273 e. The smallest absolute Gasteiger partial charge is 0.273 e. The number of hydrogen-bond acceptors (Lipinski definition) is 5. The van der Waals surface area contributed by atoms with Crippen molar-refractivity contribution in [2.45, 2.75) is 6.42 Å². The molecule has 0 aliphatic carbocycles. The number of carbonyl (C=O) groups excluding carboxylic acids is 1. The molecule has 1 aromatic carbocycles. The van der Waals surface area contributed by atoms with Gasteiger partial charge in [-0.25, -0.2) is 4.68 Å². The largest absolute Gasteiger partial charge is 0.396 e. The number of carbonyl (C=O) groups is 1. The van der Waals surface area contributed by atoms with Gasteiger partial charge in [0.05, 0.1) is 11.9 Å². The van der Waals surface area contributed by atoms with Gasteiger partial charge >= 0.3 is 0 Å². The number of amides is 1. The number of rotatable bonds is 8. The van der Waals surface area contributed by atoms with Crippen molar-refractivity contribution < 1.29 is 9.90 Å². The van der Waals surface area contributed by atoms with Crippen LogP contribution in [0.5, 0.6) is 0 Å². The van der Waals surface area contributed by atoms with Crippen LogP contribution in [0.1, 0.15) is 16.9 Å². The molecule has 0 saturated heterocycles. The lowest BCUT2D eigenvalue weighted by Gasteiger charge is -2.02. The van der Waals surface area contributed by atoms with Crippen molar-refractivity contribution in [3.63, 3.8) is 0 Å². The average Bonchev–Trinajstić information content (AvgIpc) is 3.01. The molecule has 6 nitrogen and oxygen atoms in total. The highest BCUT2D eigenvalue weighted by Crippen LogP contribution is 2.05. The van der Waals surface area contributed by atoms with Gasteiger partial charge in [-0.3, -0.25) is 4.79 Å². The van der Waals surface area contributed by atoms with Crippen LogP contribution in [0.2, 0.25) is 0 Å². The van der Waals surface area contributed by atoms with E-state index in [0.29, 0.717) is 12.2 Å². The topological polar surface area (TPSA) is 80.0 Å². The van der Waals surface area contributed by atoms with Gasteiger partial charge in [-0.1, -0.05) is 23.4 Å². The zero-order valence-corrected chi connectivity index (χ0v) is 12.4. The summed E-state index contributed by atoms with van der Waals surface area (Å²) in [4.78, 5) is 11.9. The lowest BCUT2D eigenvalue weighted by molar-refractivity contribution is 0.0951. The first kappa shape index (κ1) is 15.5. The third-order valence-electron chi connectivity index (χ3n) is 2.73. The number of aliphatic hydroxyl groups excluding tert-OH is 1. The number of aliphatic hydroxyl groups is 1. The Balaban J connectivity index is 1.80. The van der Waals surface area contributed by atoms with E-state index in [0.717, 1.165) is 23.6 Å². The van der Waals surface area contributed by atoms with Crippen LogP contribution in [0.25, 0.3) is 5.69 Å². The first-order valence-corrected chi connectivity index (χ1v) is 7.91. The van der Waals surface area contributed by atoms with E-state index in [-0.39, 0.29) is 12.5 Å². The molecule has 1 aromatic heterocycles. The summed E-state index contributed by atoms with van der Waals surface area (Å²) in [5.41, 5.74) is 1.17. The van der Waals surface area contributed by atoms with Gasteiger partial charge < -0.3 is 10.4 Å². The number of benzene rings is 1. The van der Waals surface area contributed by atoms with Crippen LogP contribution >= 0.6 is 11.8 Å². The molecule has 7 heteroatoms. The fourth-order valence-corrected chi connectivity index (χ4v) is 2.45. The lowest BCUT2D eigenvalue weighted by atomic mass is 10.3. The Hall–Kier alpha value is -1.86. The Morgan fingerprint density at radius 1 is 1.29 bits per heavy atom. The minimum atomic E-state index is -0.222. The van der Waals surface area contributed by atoms with Gasteiger partial charge in [-0.2, -0.15) is 11.8 Å². The van der Waals surface area contributed by atoms with Crippen molar-refractivity contribution >= 4 is 17.7 Å². The van der Waals surface area contributed by atoms with Crippen molar-refractivity contribution in [1.82, 2.24) is 20.3 Å². The second kappa shape index (κ2) is 8.43. The molecule has 21 heavy (non-hydrogen) atoms. The van der Waals surface area contributed by atoms with E-state index in [9.17, 15) is 4.79 Å². The van der Waals surface area contributed by atoms with E-state index in [1.165, 1.54) is 0 Å². The first-order chi connectivity index (χ1) is 10.3. The minimum Gasteiger partial charge on any atom is -0.396 e. The second-order valence-electron chi connectivity index (χ2n) is 4.33. The van der Waals surface area contributed by atoms with Crippen molar-refractivity contribution in [2.75, 3.05) is 24.7 Å². The molecule has 0 aliphatic rings. The highest BCUT2D eigenvalue weighted by Gasteiger charge is 2.10. The van der Waals surface area contributed by atoms with Crippen LogP contribution in [0, 0.1) is 0 Å². The van der Waals surface area contributed by atoms with Gasteiger partial charge in [-0.05, 0) is 24.3 Å². The SMILES string of the molecule is O=C(NCCSCCCO)c1cn(-c2ccccc2)nn1. The molecule has 0 fully saturated rings. The van der Waals surface area contributed by atoms with E-state index < -0.39 is 0 Å². The Kier molecular flexibility index (Phi) is 6.23. The highest BCUT2D eigenvalue weighted by atomic mass is 32.2. The molecule has 0 unspecified atom stereocenters. The predicted octanol–water partition coefficient (Wildman–Crippen LogP) is 1.11. The maximum atomic E-state index is 11.9. The van der Waals surface area contributed by atoms with Crippen LogP contribution in [-0.2, 0) is 0 Å². The van der Waals surface area contributed by atoms with Crippen molar-refractivity contribution in [2.24, 2.45) is 0 Å². The summed E-state index contributed by atoms with van der Waals surface area (Å²) < 4.78 is 1.57.